The maximum absolute atomic E-state index is 5.66. The van der Waals surface area contributed by atoms with E-state index in [2.05, 4.69) is 11.9 Å². The zero-order valence-corrected chi connectivity index (χ0v) is 11.3. The van der Waals surface area contributed by atoms with Gasteiger partial charge in [-0.3, -0.25) is 0 Å². The number of nitrogen functional groups attached to an aromatic ring is 1. The summed E-state index contributed by atoms with van der Waals surface area (Å²) in [5, 5.41) is 0.631. The lowest BCUT2D eigenvalue weighted by atomic mass is 10.1. The lowest BCUT2D eigenvalue weighted by Crippen LogP contribution is -2.24. The molecule has 2 N–H and O–H groups in total. The monoisotopic (exact) mass is 256 g/mol. The Morgan fingerprint density at radius 2 is 1.88 bits per heavy atom. The van der Waals surface area contributed by atoms with Gasteiger partial charge in [0.1, 0.15) is 5.75 Å². The first kappa shape index (κ1) is 14.1. The maximum Gasteiger partial charge on any atom is 0.143 e. The number of hydrogen-bond acceptors (Lipinski definition) is 3. The minimum atomic E-state index is 0.604. The van der Waals surface area contributed by atoms with E-state index in [1.165, 1.54) is 32.4 Å². The third kappa shape index (κ3) is 5.29. The number of ether oxygens (including phenoxy) is 1. The summed E-state index contributed by atoms with van der Waals surface area (Å²) in [6.07, 6.45) is 4.28. The fourth-order valence-corrected chi connectivity index (χ4v) is 1.90. The van der Waals surface area contributed by atoms with Crippen molar-refractivity contribution in [3.05, 3.63) is 23.2 Å². The van der Waals surface area contributed by atoms with Gasteiger partial charge in [0.05, 0.1) is 12.8 Å². The van der Waals surface area contributed by atoms with Crippen molar-refractivity contribution in [3.8, 4) is 5.75 Å². The topological polar surface area (TPSA) is 38.5 Å². The highest BCUT2D eigenvalue weighted by molar-refractivity contribution is 6.30. The van der Waals surface area contributed by atoms with Crippen LogP contribution in [-0.4, -0.2) is 32.1 Å². The second-order valence-corrected chi connectivity index (χ2v) is 4.69. The normalized spacial score (nSPS) is 15.9. The highest BCUT2D eigenvalue weighted by Gasteiger charge is 2.02. The van der Waals surface area contributed by atoms with Crippen LogP contribution in [0.5, 0.6) is 5.75 Å². The number of anilines is 1. The van der Waals surface area contributed by atoms with Crippen LogP contribution in [-0.2, 0) is 0 Å². The molecule has 0 unspecified atom stereocenters. The highest BCUT2D eigenvalue weighted by Crippen LogP contribution is 2.24. The lowest BCUT2D eigenvalue weighted by Gasteiger charge is -2.20. The summed E-state index contributed by atoms with van der Waals surface area (Å²) in [7, 11) is 3.75. The van der Waals surface area contributed by atoms with Crippen molar-refractivity contribution in [2.75, 3.05) is 33.0 Å². The maximum atomic E-state index is 5.66. The Balaban J connectivity index is 0.000000181. The first-order chi connectivity index (χ1) is 8.13. The molecule has 0 aliphatic carbocycles. The van der Waals surface area contributed by atoms with Crippen LogP contribution in [0.3, 0.4) is 0 Å². The lowest BCUT2D eigenvalue weighted by molar-refractivity contribution is 0.277. The SMILES string of the molecule is CN1CCCCC1.COc1cc(Cl)ccc1N. The summed E-state index contributed by atoms with van der Waals surface area (Å²) in [6, 6.07) is 5.11. The number of piperidine rings is 1. The Bertz CT molecular complexity index is 338. The molecule has 4 heteroatoms. The highest BCUT2D eigenvalue weighted by atomic mass is 35.5. The standard InChI is InChI=1S/C7H8ClNO.C6H13N/c1-10-7-4-5(8)2-3-6(7)9;1-7-5-3-2-4-6-7/h2-4H,9H2,1H3;2-6H2,1H3. The van der Waals surface area contributed by atoms with Crippen LogP contribution in [0.25, 0.3) is 0 Å². The fraction of sp³-hybridized carbons (Fsp3) is 0.538. The third-order valence-corrected chi connectivity index (χ3v) is 3.01. The predicted molar refractivity (Wildman–Crippen MR) is 73.8 cm³/mol. The van der Waals surface area contributed by atoms with Crippen molar-refractivity contribution in [3.63, 3.8) is 0 Å². The quantitative estimate of drug-likeness (QED) is 0.785. The predicted octanol–water partition coefficient (Wildman–Crippen LogP) is 3.03. The molecule has 1 fully saturated rings. The van der Waals surface area contributed by atoms with E-state index >= 15 is 0 Å². The molecule has 1 aliphatic heterocycles. The van der Waals surface area contributed by atoms with Crippen molar-refractivity contribution in [1.82, 2.24) is 4.90 Å². The number of hydrogen-bond donors (Lipinski definition) is 1. The zero-order chi connectivity index (χ0) is 12.7. The van der Waals surface area contributed by atoms with Crippen LogP contribution in [0.2, 0.25) is 5.02 Å². The Kier molecular flexibility index (Phi) is 6.16. The van der Waals surface area contributed by atoms with E-state index in [1.54, 1.807) is 25.3 Å². The second kappa shape index (κ2) is 7.41. The number of halogens is 1. The van der Waals surface area contributed by atoms with E-state index < -0.39 is 0 Å². The summed E-state index contributed by atoms with van der Waals surface area (Å²) >= 11 is 5.66. The molecule has 1 aliphatic rings. The summed E-state index contributed by atoms with van der Waals surface area (Å²) < 4.78 is 4.92. The molecule has 0 bridgehead atoms. The van der Waals surface area contributed by atoms with Gasteiger partial charge in [-0.15, -0.1) is 0 Å². The Morgan fingerprint density at radius 3 is 2.29 bits per heavy atom. The van der Waals surface area contributed by atoms with Crippen LogP contribution in [0.15, 0.2) is 18.2 Å². The Morgan fingerprint density at radius 1 is 1.24 bits per heavy atom. The van der Waals surface area contributed by atoms with Crippen LogP contribution in [0, 0.1) is 0 Å². The smallest absolute Gasteiger partial charge is 0.143 e. The minimum absolute atomic E-state index is 0.604. The number of likely N-dealkylation sites (tertiary alicyclic amines) is 1. The van der Waals surface area contributed by atoms with Gasteiger partial charge in [0, 0.05) is 11.1 Å². The molecule has 0 radical (unpaired) electrons. The molecule has 0 saturated carbocycles. The molecule has 1 saturated heterocycles. The number of nitrogens with two attached hydrogens (primary N) is 1. The molecule has 0 atom stereocenters. The number of benzene rings is 1. The average Bonchev–Trinajstić information content (AvgIpc) is 2.34. The van der Waals surface area contributed by atoms with Crippen molar-refractivity contribution in [1.29, 1.82) is 0 Å². The summed E-state index contributed by atoms with van der Waals surface area (Å²) in [5.74, 6) is 0.618. The van der Waals surface area contributed by atoms with Gasteiger partial charge in [-0.25, -0.2) is 0 Å². The van der Waals surface area contributed by atoms with E-state index in [-0.39, 0.29) is 0 Å². The van der Waals surface area contributed by atoms with E-state index in [1.807, 2.05) is 0 Å². The largest absolute Gasteiger partial charge is 0.495 e. The fourth-order valence-electron chi connectivity index (χ4n) is 1.74. The average molecular weight is 257 g/mol. The van der Waals surface area contributed by atoms with E-state index in [0.717, 1.165) is 0 Å². The molecule has 96 valence electrons. The first-order valence-corrected chi connectivity index (χ1v) is 6.29. The summed E-state index contributed by atoms with van der Waals surface area (Å²) in [6.45, 7) is 2.64. The van der Waals surface area contributed by atoms with Crippen molar-refractivity contribution >= 4 is 17.3 Å². The Hall–Kier alpha value is -0.930. The molecule has 0 aromatic heterocycles. The molecular formula is C13H21ClN2O. The van der Waals surface area contributed by atoms with Crippen molar-refractivity contribution < 1.29 is 4.74 Å². The van der Waals surface area contributed by atoms with Gasteiger partial charge in [0.2, 0.25) is 0 Å². The van der Waals surface area contributed by atoms with Gasteiger partial charge in [-0.05, 0) is 45.1 Å². The Labute approximate surface area is 109 Å². The van der Waals surface area contributed by atoms with Crippen LogP contribution in [0.1, 0.15) is 19.3 Å². The van der Waals surface area contributed by atoms with Gasteiger partial charge in [-0.1, -0.05) is 18.0 Å². The van der Waals surface area contributed by atoms with Gasteiger partial charge >= 0.3 is 0 Å². The molecule has 1 aromatic carbocycles. The van der Waals surface area contributed by atoms with Crippen LogP contribution >= 0.6 is 11.6 Å². The minimum Gasteiger partial charge on any atom is -0.495 e. The van der Waals surface area contributed by atoms with Crippen molar-refractivity contribution in [2.24, 2.45) is 0 Å². The van der Waals surface area contributed by atoms with Crippen LogP contribution < -0.4 is 10.5 Å². The van der Waals surface area contributed by atoms with Gasteiger partial charge < -0.3 is 15.4 Å². The first-order valence-electron chi connectivity index (χ1n) is 5.91. The van der Waals surface area contributed by atoms with E-state index in [4.69, 9.17) is 22.1 Å². The van der Waals surface area contributed by atoms with E-state index in [9.17, 15) is 0 Å². The molecule has 3 nitrogen and oxygen atoms in total. The zero-order valence-electron chi connectivity index (χ0n) is 10.6. The van der Waals surface area contributed by atoms with Crippen molar-refractivity contribution in [2.45, 2.75) is 19.3 Å². The molecule has 2 rings (SSSR count). The molecule has 0 spiro atoms. The molecule has 17 heavy (non-hydrogen) atoms. The number of rotatable bonds is 1. The molecule has 1 heterocycles. The third-order valence-electron chi connectivity index (χ3n) is 2.78. The molecular weight excluding hydrogens is 236 g/mol. The number of methoxy groups -OCH3 is 1. The summed E-state index contributed by atoms with van der Waals surface area (Å²) in [5.41, 5.74) is 6.12. The molecule has 1 aromatic rings. The summed E-state index contributed by atoms with van der Waals surface area (Å²) in [4.78, 5) is 2.39. The number of nitrogens with zero attached hydrogens (tertiary/aromatic N) is 1. The molecule has 0 amide bonds. The van der Waals surface area contributed by atoms with Gasteiger partial charge in [0.15, 0.2) is 0 Å². The van der Waals surface area contributed by atoms with E-state index in [0.29, 0.717) is 16.5 Å². The van der Waals surface area contributed by atoms with Gasteiger partial charge in [0.25, 0.3) is 0 Å². The second-order valence-electron chi connectivity index (χ2n) is 4.25. The van der Waals surface area contributed by atoms with Gasteiger partial charge in [-0.2, -0.15) is 0 Å². The van der Waals surface area contributed by atoms with Crippen LogP contribution in [0.4, 0.5) is 5.69 Å².